The Balaban J connectivity index is 1.16. The van der Waals surface area contributed by atoms with Crippen LogP contribution in [0.15, 0.2) is 34.7 Å². The largest absolute Gasteiger partial charge is 0.466 e. The van der Waals surface area contributed by atoms with Crippen molar-refractivity contribution in [1.29, 1.82) is 0 Å². The number of carbonyl (C=O) groups is 2. The van der Waals surface area contributed by atoms with Crippen molar-refractivity contribution in [2.45, 2.75) is 64.6 Å². The number of esters is 1. The summed E-state index contributed by atoms with van der Waals surface area (Å²) in [6, 6.07) is 7.47. The normalized spacial score (nSPS) is 21.3. The van der Waals surface area contributed by atoms with Gasteiger partial charge in [0, 0.05) is 24.3 Å². The number of hydrogen-bond donors (Lipinski definition) is 1. The average Bonchev–Trinajstić information content (AvgIpc) is 3.56. The number of oxazole rings is 1. The second-order valence-corrected chi connectivity index (χ2v) is 10.3. The number of amides is 1. The second-order valence-electron chi connectivity index (χ2n) is 10.3. The number of aryl methyl sites for hydroxylation is 1. The van der Waals surface area contributed by atoms with Crippen molar-refractivity contribution in [1.82, 2.24) is 9.88 Å². The maximum Gasteiger partial charge on any atom is 0.308 e. The molecular formula is C29H33F2N3O5. The van der Waals surface area contributed by atoms with Gasteiger partial charge in [-0.15, -0.1) is 0 Å². The molecule has 2 aromatic carbocycles. The van der Waals surface area contributed by atoms with Crippen LogP contribution in [0.5, 0.6) is 0 Å². The number of rotatable bonds is 8. The van der Waals surface area contributed by atoms with Crippen molar-refractivity contribution in [3.63, 3.8) is 0 Å². The predicted molar refractivity (Wildman–Crippen MR) is 141 cm³/mol. The molecule has 2 heterocycles. The lowest BCUT2D eigenvalue weighted by molar-refractivity contribution is -0.150. The monoisotopic (exact) mass is 541 g/mol. The van der Waals surface area contributed by atoms with E-state index in [9.17, 15) is 14.0 Å². The van der Waals surface area contributed by atoms with E-state index < -0.39 is 11.6 Å². The number of likely N-dealkylation sites (tertiary alicyclic amines) is 1. The summed E-state index contributed by atoms with van der Waals surface area (Å²) in [4.78, 5) is 30.9. The third-order valence-corrected chi connectivity index (χ3v) is 7.54. The van der Waals surface area contributed by atoms with Crippen molar-refractivity contribution >= 4 is 34.7 Å². The van der Waals surface area contributed by atoms with Gasteiger partial charge in [0.05, 0.1) is 31.2 Å². The van der Waals surface area contributed by atoms with Gasteiger partial charge in [0.1, 0.15) is 11.3 Å². The molecule has 208 valence electrons. The van der Waals surface area contributed by atoms with Crippen LogP contribution in [0.25, 0.3) is 11.1 Å². The Hall–Kier alpha value is -3.53. The summed E-state index contributed by atoms with van der Waals surface area (Å²) in [6.45, 7) is 5.02. The molecule has 8 nitrogen and oxygen atoms in total. The van der Waals surface area contributed by atoms with Crippen LogP contribution < -0.4 is 5.32 Å². The molecule has 3 aromatic rings. The first-order valence-electron chi connectivity index (χ1n) is 13.5. The van der Waals surface area contributed by atoms with Gasteiger partial charge in [0.2, 0.25) is 5.91 Å². The molecule has 39 heavy (non-hydrogen) atoms. The van der Waals surface area contributed by atoms with Gasteiger partial charge in [-0.3, -0.25) is 9.59 Å². The summed E-state index contributed by atoms with van der Waals surface area (Å²) in [5.74, 6) is -1.41. The minimum absolute atomic E-state index is 0.0388. The molecule has 1 saturated carbocycles. The van der Waals surface area contributed by atoms with Crippen LogP contribution in [0, 0.1) is 24.5 Å². The second kappa shape index (κ2) is 11.7. The first kappa shape index (κ1) is 27.1. The maximum absolute atomic E-state index is 15.3. The molecule has 1 atom stereocenters. The van der Waals surface area contributed by atoms with Gasteiger partial charge >= 0.3 is 5.97 Å². The number of carbonyl (C=O) groups excluding carboxylic acids is 2. The van der Waals surface area contributed by atoms with E-state index in [0.717, 1.165) is 37.7 Å². The molecule has 1 aliphatic carbocycles. The number of ether oxygens (including phenoxy) is 2. The van der Waals surface area contributed by atoms with Gasteiger partial charge in [0.15, 0.2) is 11.4 Å². The van der Waals surface area contributed by atoms with E-state index >= 15 is 4.39 Å². The predicted octanol–water partition coefficient (Wildman–Crippen LogP) is 5.44. The van der Waals surface area contributed by atoms with Crippen molar-refractivity contribution in [3.8, 4) is 0 Å². The summed E-state index contributed by atoms with van der Waals surface area (Å²) < 4.78 is 45.9. The zero-order valence-corrected chi connectivity index (χ0v) is 22.2. The first-order valence-corrected chi connectivity index (χ1v) is 13.5. The molecule has 1 amide bonds. The highest BCUT2D eigenvalue weighted by molar-refractivity contribution is 5.82. The molecular weight excluding hydrogens is 508 g/mol. The van der Waals surface area contributed by atoms with E-state index in [2.05, 4.69) is 10.3 Å². The zero-order chi connectivity index (χ0) is 27.5. The van der Waals surface area contributed by atoms with Crippen LogP contribution in [0.3, 0.4) is 0 Å². The third kappa shape index (κ3) is 6.21. The lowest BCUT2D eigenvalue weighted by Crippen LogP contribution is -2.34. The molecule has 0 radical (unpaired) electrons. The summed E-state index contributed by atoms with van der Waals surface area (Å²) >= 11 is 0. The summed E-state index contributed by atoms with van der Waals surface area (Å²) in [6.07, 6.45) is 3.72. The number of hydrogen-bond acceptors (Lipinski definition) is 7. The summed E-state index contributed by atoms with van der Waals surface area (Å²) in [5, 5.41) is 2.89. The molecule has 1 N–H and O–H groups in total. The van der Waals surface area contributed by atoms with Crippen LogP contribution in [0.2, 0.25) is 0 Å². The number of benzene rings is 2. The number of anilines is 2. The molecule has 10 heteroatoms. The van der Waals surface area contributed by atoms with Gasteiger partial charge in [-0.2, -0.15) is 4.98 Å². The minimum atomic E-state index is -0.636. The fourth-order valence-electron chi connectivity index (χ4n) is 5.34. The van der Waals surface area contributed by atoms with Crippen LogP contribution in [-0.2, 0) is 25.5 Å². The Morgan fingerprint density at radius 3 is 2.67 bits per heavy atom. The molecule has 1 aliphatic heterocycles. The van der Waals surface area contributed by atoms with Crippen molar-refractivity contribution in [2.24, 2.45) is 5.92 Å². The van der Waals surface area contributed by atoms with Crippen molar-refractivity contribution < 1.29 is 32.3 Å². The Bertz CT molecular complexity index is 1350. The topological polar surface area (TPSA) is 93.9 Å². The summed E-state index contributed by atoms with van der Waals surface area (Å²) in [5.41, 5.74) is 1.71. The Kier molecular flexibility index (Phi) is 8.11. The van der Waals surface area contributed by atoms with Crippen LogP contribution >= 0.6 is 0 Å². The highest BCUT2D eigenvalue weighted by Crippen LogP contribution is 2.31. The van der Waals surface area contributed by atoms with Crippen molar-refractivity contribution in [2.75, 3.05) is 25.0 Å². The Morgan fingerprint density at radius 2 is 1.90 bits per heavy atom. The standard InChI is InChI=1S/C29H33F2N3O5/c1-3-37-28(36)18-5-9-21(10-6-18)38-22-12-13-34(16-22)25(35)14-19-7-11-23-27(26(19)31)39-29(32-23)33-24-15-20(30)8-4-17(24)2/h4,7-8,11,15,18,21-22H,3,5-6,9-10,12-14,16H2,1-2H3,(H,32,33)/t18-,21-,22-/m1/s1. The fraction of sp³-hybridized carbons (Fsp3) is 0.483. The number of fused-ring (bicyclic) bond motifs is 1. The lowest BCUT2D eigenvalue weighted by Gasteiger charge is -2.29. The van der Waals surface area contributed by atoms with E-state index in [4.69, 9.17) is 13.9 Å². The number of aromatic nitrogens is 1. The molecule has 5 rings (SSSR count). The molecule has 1 saturated heterocycles. The average molecular weight is 542 g/mol. The van der Waals surface area contributed by atoms with Gasteiger partial charge in [-0.05, 0) is 69.7 Å². The molecule has 0 bridgehead atoms. The highest BCUT2D eigenvalue weighted by atomic mass is 19.1. The van der Waals surface area contributed by atoms with Crippen LogP contribution in [-0.4, -0.2) is 53.7 Å². The Morgan fingerprint density at radius 1 is 1.10 bits per heavy atom. The minimum Gasteiger partial charge on any atom is -0.466 e. The molecule has 1 aromatic heterocycles. The highest BCUT2D eigenvalue weighted by Gasteiger charge is 2.33. The number of nitrogens with one attached hydrogen (secondary N) is 1. The SMILES string of the molecule is CCOC(=O)[C@H]1CC[C@H](O[C@@H]2CCN(C(=O)Cc3ccc4nc(Nc5cc(F)ccc5C)oc4c3F)C2)CC1. The van der Waals surface area contributed by atoms with Crippen molar-refractivity contribution in [3.05, 3.63) is 53.1 Å². The zero-order valence-electron chi connectivity index (χ0n) is 22.2. The van der Waals surface area contributed by atoms with E-state index in [1.165, 1.54) is 12.1 Å². The molecule has 0 unspecified atom stereocenters. The number of nitrogens with zero attached hydrogens (tertiary/aromatic N) is 2. The van der Waals surface area contributed by atoms with Crippen LogP contribution in [0.4, 0.5) is 20.5 Å². The lowest BCUT2D eigenvalue weighted by atomic mass is 9.87. The molecule has 2 aliphatic rings. The third-order valence-electron chi connectivity index (χ3n) is 7.54. The summed E-state index contributed by atoms with van der Waals surface area (Å²) in [7, 11) is 0. The first-order chi connectivity index (χ1) is 18.8. The Labute approximate surface area is 225 Å². The molecule has 0 spiro atoms. The van der Waals surface area contributed by atoms with Gasteiger partial charge in [-0.25, -0.2) is 8.78 Å². The van der Waals surface area contributed by atoms with Crippen LogP contribution in [0.1, 0.15) is 50.2 Å². The van der Waals surface area contributed by atoms with E-state index in [1.807, 2.05) is 6.92 Å². The number of halogens is 2. The maximum atomic E-state index is 15.3. The van der Waals surface area contributed by atoms with Gasteiger partial charge in [-0.1, -0.05) is 12.1 Å². The quantitative estimate of drug-likeness (QED) is 0.380. The van der Waals surface area contributed by atoms with Gasteiger partial charge < -0.3 is 24.1 Å². The van der Waals surface area contributed by atoms with Gasteiger partial charge in [0.25, 0.3) is 6.01 Å². The smallest absolute Gasteiger partial charge is 0.308 e. The van der Waals surface area contributed by atoms with E-state index in [-0.39, 0.29) is 53.6 Å². The molecule has 2 fully saturated rings. The fourth-order valence-corrected chi connectivity index (χ4v) is 5.34. The van der Waals surface area contributed by atoms with E-state index in [0.29, 0.717) is 30.9 Å². The van der Waals surface area contributed by atoms with E-state index in [1.54, 1.807) is 30.0 Å².